The highest BCUT2D eigenvalue weighted by Crippen LogP contribution is 2.35. The Balaban J connectivity index is 2.44. The molecule has 3 heteroatoms. The fourth-order valence-electron chi connectivity index (χ4n) is 1.87. The molecule has 14 heavy (non-hydrogen) atoms. The first kappa shape index (κ1) is 8.06. The first-order valence-corrected chi connectivity index (χ1v) is 4.93. The van der Waals surface area contributed by atoms with E-state index < -0.39 is 0 Å². The zero-order chi connectivity index (χ0) is 9.54. The van der Waals surface area contributed by atoms with Gasteiger partial charge in [0.25, 0.3) is 0 Å². The van der Waals surface area contributed by atoms with Crippen LogP contribution in [-0.4, -0.2) is 11.6 Å². The van der Waals surface area contributed by atoms with Crippen molar-refractivity contribution < 1.29 is 4.74 Å². The van der Waals surface area contributed by atoms with Crippen molar-refractivity contribution in [3.8, 4) is 5.75 Å². The van der Waals surface area contributed by atoms with Crippen molar-refractivity contribution in [2.24, 2.45) is 0 Å². The third kappa shape index (κ3) is 1.01. The Labute approximate surface area is 86.5 Å². The van der Waals surface area contributed by atoms with E-state index in [9.17, 15) is 0 Å². The minimum absolute atomic E-state index is 0.542. The normalized spacial score (nSPS) is 14.1. The zero-order valence-electron chi connectivity index (χ0n) is 7.46. The van der Waals surface area contributed by atoms with Crippen LogP contribution in [0.5, 0.6) is 5.75 Å². The van der Waals surface area contributed by atoms with Crippen molar-refractivity contribution >= 4 is 22.4 Å². The smallest absolute Gasteiger partial charge is 0.136 e. The molecule has 0 saturated heterocycles. The Morgan fingerprint density at radius 3 is 3.07 bits per heavy atom. The number of hydrogen-bond acceptors (Lipinski definition) is 2. The van der Waals surface area contributed by atoms with Crippen molar-refractivity contribution in [2.45, 2.75) is 6.42 Å². The van der Waals surface area contributed by atoms with Crippen molar-refractivity contribution in [2.75, 3.05) is 6.61 Å². The predicted molar refractivity (Wildman–Crippen MR) is 56.0 cm³/mol. The van der Waals surface area contributed by atoms with Gasteiger partial charge in [0.2, 0.25) is 0 Å². The van der Waals surface area contributed by atoms with Crippen molar-refractivity contribution in [3.63, 3.8) is 0 Å². The van der Waals surface area contributed by atoms with E-state index in [2.05, 4.69) is 11.1 Å². The third-order valence-electron chi connectivity index (χ3n) is 2.55. The molecule has 2 heterocycles. The molecule has 0 amide bonds. The van der Waals surface area contributed by atoms with Crippen LogP contribution in [0.4, 0.5) is 0 Å². The molecule has 3 rings (SSSR count). The van der Waals surface area contributed by atoms with Crippen LogP contribution in [0.1, 0.15) is 5.56 Å². The molecule has 0 spiro atoms. The van der Waals surface area contributed by atoms with Crippen LogP contribution in [0.3, 0.4) is 0 Å². The predicted octanol–water partition coefficient (Wildman–Crippen LogP) is 2.82. The Hall–Kier alpha value is -1.28. The Bertz CT molecular complexity index is 510. The van der Waals surface area contributed by atoms with E-state index >= 15 is 0 Å². The molecule has 0 fully saturated rings. The van der Waals surface area contributed by atoms with Gasteiger partial charge in [-0.25, -0.2) is 4.98 Å². The van der Waals surface area contributed by atoms with Gasteiger partial charge in [0.15, 0.2) is 0 Å². The van der Waals surface area contributed by atoms with Gasteiger partial charge in [-0.3, -0.25) is 0 Å². The van der Waals surface area contributed by atoms with Gasteiger partial charge < -0.3 is 4.74 Å². The lowest BCUT2D eigenvalue weighted by Gasteiger charge is -2.04. The van der Waals surface area contributed by atoms with Gasteiger partial charge in [0.05, 0.1) is 6.61 Å². The summed E-state index contributed by atoms with van der Waals surface area (Å²) in [7, 11) is 0. The van der Waals surface area contributed by atoms with E-state index in [0.717, 1.165) is 29.5 Å². The summed E-state index contributed by atoms with van der Waals surface area (Å²) in [4.78, 5) is 4.04. The molecular formula is C11H8ClNO. The van der Waals surface area contributed by atoms with E-state index in [1.54, 1.807) is 6.20 Å². The summed E-state index contributed by atoms with van der Waals surface area (Å²) in [5.41, 5.74) is 1.26. The number of ether oxygens (including phenoxy) is 1. The van der Waals surface area contributed by atoms with Crippen LogP contribution in [0.2, 0.25) is 5.15 Å². The summed E-state index contributed by atoms with van der Waals surface area (Å²) in [5.74, 6) is 0.979. The molecular weight excluding hydrogens is 198 g/mol. The second-order valence-corrected chi connectivity index (χ2v) is 3.71. The Morgan fingerprint density at radius 2 is 2.14 bits per heavy atom. The standard InChI is InChI=1S/C11H8ClNO/c12-11-9-2-1-7-4-6-14-10(7)8(9)3-5-13-11/h1-3,5H,4,6H2. The van der Waals surface area contributed by atoms with Crippen LogP contribution in [0.25, 0.3) is 10.8 Å². The van der Waals surface area contributed by atoms with E-state index in [1.807, 2.05) is 12.1 Å². The largest absolute Gasteiger partial charge is 0.492 e. The summed E-state index contributed by atoms with van der Waals surface area (Å²) in [6, 6.07) is 6.03. The highest BCUT2D eigenvalue weighted by molar-refractivity contribution is 6.34. The number of rotatable bonds is 0. The fraction of sp³-hybridized carbons (Fsp3) is 0.182. The summed E-state index contributed by atoms with van der Waals surface area (Å²) in [5, 5.41) is 2.58. The van der Waals surface area contributed by atoms with Crippen LogP contribution in [0, 0.1) is 0 Å². The summed E-state index contributed by atoms with van der Waals surface area (Å²) < 4.78 is 5.58. The van der Waals surface area contributed by atoms with Gasteiger partial charge in [-0.1, -0.05) is 23.7 Å². The molecule has 1 aromatic carbocycles. The number of halogens is 1. The van der Waals surface area contributed by atoms with Gasteiger partial charge in [-0.05, 0) is 11.6 Å². The summed E-state index contributed by atoms with van der Waals surface area (Å²) in [6.45, 7) is 0.772. The molecule has 70 valence electrons. The molecule has 1 aliphatic heterocycles. The number of nitrogens with zero attached hydrogens (tertiary/aromatic N) is 1. The van der Waals surface area contributed by atoms with Crippen molar-refractivity contribution in [1.82, 2.24) is 4.98 Å². The maximum absolute atomic E-state index is 5.99. The second-order valence-electron chi connectivity index (χ2n) is 3.35. The van der Waals surface area contributed by atoms with Crippen LogP contribution in [0.15, 0.2) is 24.4 Å². The third-order valence-corrected chi connectivity index (χ3v) is 2.85. The number of benzene rings is 1. The molecule has 0 aliphatic carbocycles. The first-order valence-electron chi connectivity index (χ1n) is 4.55. The lowest BCUT2D eigenvalue weighted by atomic mass is 10.1. The molecule has 1 aliphatic rings. The first-order chi connectivity index (χ1) is 6.86. The topological polar surface area (TPSA) is 22.1 Å². The van der Waals surface area contributed by atoms with Crippen LogP contribution < -0.4 is 4.74 Å². The molecule has 2 nitrogen and oxygen atoms in total. The number of aromatic nitrogens is 1. The number of pyridine rings is 1. The van der Waals surface area contributed by atoms with Crippen molar-refractivity contribution in [1.29, 1.82) is 0 Å². The molecule has 0 atom stereocenters. The average molecular weight is 206 g/mol. The quantitative estimate of drug-likeness (QED) is 0.617. The van der Waals surface area contributed by atoms with E-state index in [4.69, 9.17) is 16.3 Å². The Morgan fingerprint density at radius 1 is 1.21 bits per heavy atom. The van der Waals surface area contributed by atoms with E-state index in [0.29, 0.717) is 5.15 Å². The second kappa shape index (κ2) is 2.85. The minimum atomic E-state index is 0.542. The van der Waals surface area contributed by atoms with E-state index in [-0.39, 0.29) is 0 Å². The number of hydrogen-bond donors (Lipinski definition) is 0. The number of fused-ring (bicyclic) bond motifs is 3. The van der Waals surface area contributed by atoms with Crippen LogP contribution in [-0.2, 0) is 6.42 Å². The highest BCUT2D eigenvalue weighted by atomic mass is 35.5. The van der Waals surface area contributed by atoms with Gasteiger partial charge >= 0.3 is 0 Å². The highest BCUT2D eigenvalue weighted by Gasteiger charge is 2.15. The zero-order valence-corrected chi connectivity index (χ0v) is 8.21. The van der Waals surface area contributed by atoms with Crippen molar-refractivity contribution in [3.05, 3.63) is 35.1 Å². The fourth-order valence-corrected chi connectivity index (χ4v) is 2.09. The molecule has 0 bridgehead atoms. The molecule has 0 radical (unpaired) electrons. The maximum atomic E-state index is 5.99. The summed E-state index contributed by atoms with van der Waals surface area (Å²) in [6.07, 6.45) is 2.71. The van der Waals surface area contributed by atoms with E-state index in [1.165, 1.54) is 5.56 Å². The average Bonchev–Trinajstić information content (AvgIpc) is 2.66. The molecule has 0 saturated carbocycles. The molecule has 0 N–H and O–H groups in total. The lowest BCUT2D eigenvalue weighted by Crippen LogP contribution is -1.87. The summed E-state index contributed by atoms with van der Waals surface area (Å²) >= 11 is 5.99. The molecule has 0 unspecified atom stereocenters. The van der Waals surface area contributed by atoms with Gasteiger partial charge in [0, 0.05) is 23.4 Å². The SMILES string of the molecule is Clc1nccc2c3c(ccc12)CCO3. The van der Waals surface area contributed by atoms with Gasteiger partial charge in [-0.2, -0.15) is 0 Å². The molecule has 1 aromatic heterocycles. The monoisotopic (exact) mass is 205 g/mol. The maximum Gasteiger partial charge on any atom is 0.136 e. The lowest BCUT2D eigenvalue weighted by molar-refractivity contribution is 0.360. The minimum Gasteiger partial charge on any atom is -0.492 e. The molecule has 2 aromatic rings. The van der Waals surface area contributed by atoms with Crippen LogP contribution >= 0.6 is 11.6 Å². The van der Waals surface area contributed by atoms with Gasteiger partial charge in [0.1, 0.15) is 10.9 Å². The Kier molecular flexibility index (Phi) is 1.64. The van der Waals surface area contributed by atoms with Gasteiger partial charge in [-0.15, -0.1) is 0 Å².